The molecule has 3 amide bonds. The maximum Gasteiger partial charge on any atom is 0.255 e. The van der Waals surface area contributed by atoms with E-state index in [4.69, 9.17) is 10.5 Å². The molecule has 3 aromatic rings. The van der Waals surface area contributed by atoms with Gasteiger partial charge >= 0.3 is 0 Å². The summed E-state index contributed by atoms with van der Waals surface area (Å²) in [5, 5.41) is 6.18. The largest absolute Gasteiger partial charge is 0.497 e. The zero-order valence-corrected chi connectivity index (χ0v) is 23.9. The van der Waals surface area contributed by atoms with Gasteiger partial charge in [-0.05, 0) is 80.6 Å². The summed E-state index contributed by atoms with van der Waals surface area (Å²) >= 11 is 0. The molecule has 42 heavy (non-hydrogen) atoms. The summed E-state index contributed by atoms with van der Waals surface area (Å²) in [5.41, 5.74) is 8.84. The maximum atomic E-state index is 13.4. The quantitative estimate of drug-likeness (QED) is 0.395. The van der Waals surface area contributed by atoms with Gasteiger partial charge in [0.1, 0.15) is 5.75 Å². The van der Waals surface area contributed by atoms with Crippen molar-refractivity contribution >= 4 is 29.1 Å². The van der Waals surface area contributed by atoms with Gasteiger partial charge in [-0.3, -0.25) is 19.4 Å². The van der Waals surface area contributed by atoms with E-state index in [1.54, 1.807) is 68.0 Å². The normalized spacial score (nSPS) is 19.0. The van der Waals surface area contributed by atoms with Crippen molar-refractivity contribution in [2.45, 2.75) is 44.2 Å². The van der Waals surface area contributed by atoms with Gasteiger partial charge in [-0.2, -0.15) is 0 Å². The molecule has 5 rings (SSSR count). The number of anilines is 2. The lowest BCUT2D eigenvalue weighted by atomic mass is 9.91. The molecule has 1 aromatic heterocycles. The number of pyridine rings is 1. The molecule has 10 nitrogen and oxygen atoms in total. The van der Waals surface area contributed by atoms with Gasteiger partial charge in [0.05, 0.1) is 24.0 Å². The predicted molar refractivity (Wildman–Crippen MR) is 162 cm³/mol. The summed E-state index contributed by atoms with van der Waals surface area (Å²) in [6.07, 6.45) is 7.47. The van der Waals surface area contributed by atoms with Gasteiger partial charge in [0.2, 0.25) is 0 Å². The van der Waals surface area contributed by atoms with E-state index in [0.717, 1.165) is 37.8 Å². The van der Waals surface area contributed by atoms with Crippen molar-refractivity contribution < 1.29 is 19.1 Å². The van der Waals surface area contributed by atoms with E-state index in [1.165, 1.54) is 0 Å². The third-order valence-electron chi connectivity index (χ3n) is 7.98. The number of benzene rings is 2. The fraction of sp³-hybridized carbons (Fsp3) is 0.375. The molecule has 2 heterocycles. The second-order valence-corrected chi connectivity index (χ2v) is 10.9. The third kappa shape index (κ3) is 7.06. The first kappa shape index (κ1) is 29.1. The lowest BCUT2D eigenvalue weighted by Gasteiger charge is -2.28. The number of nitrogens with zero attached hydrogens (tertiary/aromatic N) is 3. The van der Waals surface area contributed by atoms with Gasteiger partial charge in [-0.25, -0.2) is 0 Å². The monoisotopic (exact) mass is 570 g/mol. The molecule has 0 spiro atoms. The molecular formula is C32H38N6O4. The molecule has 4 N–H and O–H groups in total. The number of aromatic nitrogens is 1. The second kappa shape index (κ2) is 13.5. The number of nitrogens with two attached hydrogens (primary N) is 1. The summed E-state index contributed by atoms with van der Waals surface area (Å²) in [4.78, 5) is 47.7. The first-order valence-electron chi connectivity index (χ1n) is 14.5. The van der Waals surface area contributed by atoms with E-state index in [1.807, 2.05) is 11.0 Å². The van der Waals surface area contributed by atoms with Crippen LogP contribution in [0.15, 0.2) is 67.0 Å². The zero-order chi connectivity index (χ0) is 29.5. The molecule has 1 saturated carbocycles. The van der Waals surface area contributed by atoms with Crippen molar-refractivity contribution in [3.8, 4) is 5.75 Å². The Labute approximate surface area is 246 Å². The molecular weight excluding hydrogens is 532 g/mol. The van der Waals surface area contributed by atoms with E-state index in [2.05, 4.69) is 20.5 Å². The highest BCUT2D eigenvalue weighted by Crippen LogP contribution is 2.30. The topological polar surface area (TPSA) is 130 Å². The highest BCUT2D eigenvalue weighted by molar-refractivity contribution is 6.07. The minimum absolute atomic E-state index is 0.0489. The van der Waals surface area contributed by atoms with Crippen molar-refractivity contribution in [1.82, 2.24) is 15.2 Å². The molecule has 2 fully saturated rings. The second-order valence-electron chi connectivity index (χ2n) is 10.9. The average Bonchev–Trinajstić information content (AvgIpc) is 3.28. The van der Waals surface area contributed by atoms with Crippen molar-refractivity contribution in [3.63, 3.8) is 0 Å². The Balaban J connectivity index is 1.37. The summed E-state index contributed by atoms with van der Waals surface area (Å²) < 4.78 is 5.29. The first-order valence-corrected chi connectivity index (χ1v) is 14.5. The van der Waals surface area contributed by atoms with Gasteiger partial charge < -0.3 is 30.9 Å². The Kier molecular flexibility index (Phi) is 9.33. The van der Waals surface area contributed by atoms with Crippen molar-refractivity contribution in [3.05, 3.63) is 83.7 Å². The van der Waals surface area contributed by atoms with Gasteiger partial charge in [-0.15, -0.1) is 0 Å². The van der Waals surface area contributed by atoms with Crippen LogP contribution >= 0.6 is 0 Å². The van der Waals surface area contributed by atoms with Crippen LogP contribution in [0.1, 0.15) is 63.2 Å². The van der Waals surface area contributed by atoms with Crippen LogP contribution in [0.5, 0.6) is 5.75 Å². The summed E-state index contributed by atoms with van der Waals surface area (Å²) in [5.74, 6) is 0.0430. The number of amides is 3. The molecule has 220 valence electrons. The highest BCUT2D eigenvalue weighted by Gasteiger charge is 2.25. The van der Waals surface area contributed by atoms with Crippen LogP contribution < -0.4 is 26.0 Å². The minimum Gasteiger partial charge on any atom is -0.497 e. The number of carbonyl (C=O) groups is 3. The fourth-order valence-electron chi connectivity index (χ4n) is 5.58. The fourth-order valence-corrected chi connectivity index (χ4v) is 5.58. The maximum absolute atomic E-state index is 13.4. The standard InChI is InChI=1S/C32H38N6O4/c1-42-27-7-2-5-22(19-27)31(40)36-28-20-23(30(39)35-26-11-9-25(33)10-12-26)8-13-29(28)37-15-4-16-38(18-17-37)32(41)24-6-3-14-34-21-24/h2-3,5-8,13-14,19-21,25-26H,4,9-12,15-18,33H2,1H3,(H,35,39)(H,36,40). The Morgan fingerprint density at radius 1 is 0.881 bits per heavy atom. The van der Waals surface area contributed by atoms with Crippen LogP contribution in [0, 0.1) is 0 Å². The number of hydrogen-bond acceptors (Lipinski definition) is 7. The first-order chi connectivity index (χ1) is 20.4. The number of ether oxygens (including phenoxy) is 1. The van der Waals surface area contributed by atoms with Crippen LogP contribution in [0.3, 0.4) is 0 Å². The molecule has 1 aliphatic heterocycles. The third-order valence-corrected chi connectivity index (χ3v) is 7.98. The Bertz CT molecular complexity index is 1410. The number of nitrogens with one attached hydrogen (secondary N) is 2. The average molecular weight is 571 g/mol. The zero-order valence-electron chi connectivity index (χ0n) is 23.9. The summed E-state index contributed by atoms with van der Waals surface area (Å²) in [6.45, 7) is 2.39. The highest BCUT2D eigenvalue weighted by atomic mass is 16.5. The molecule has 0 unspecified atom stereocenters. The van der Waals surface area contributed by atoms with Gasteiger partial charge in [0, 0.05) is 61.8 Å². The molecule has 1 aliphatic carbocycles. The van der Waals surface area contributed by atoms with E-state index in [0.29, 0.717) is 54.3 Å². The van der Waals surface area contributed by atoms with Crippen LogP contribution in [0.25, 0.3) is 0 Å². The Morgan fingerprint density at radius 2 is 1.67 bits per heavy atom. The molecule has 2 aromatic carbocycles. The molecule has 1 saturated heterocycles. The van der Waals surface area contributed by atoms with Crippen molar-refractivity contribution in [2.24, 2.45) is 5.73 Å². The Hall–Kier alpha value is -4.44. The van der Waals surface area contributed by atoms with E-state index in [-0.39, 0.29) is 29.8 Å². The minimum atomic E-state index is -0.308. The summed E-state index contributed by atoms with van der Waals surface area (Å²) in [6, 6.07) is 16.2. The molecule has 0 bridgehead atoms. The molecule has 2 aliphatic rings. The van der Waals surface area contributed by atoms with Crippen LogP contribution in [0.2, 0.25) is 0 Å². The van der Waals surface area contributed by atoms with Gasteiger partial charge in [-0.1, -0.05) is 6.07 Å². The van der Waals surface area contributed by atoms with Crippen molar-refractivity contribution in [1.29, 1.82) is 0 Å². The predicted octanol–water partition coefficient (Wildman–Crippen LogP) is 3.69. The van der Waals surface area contributed by atoms with Crippen LogP contribution in [-0.2, 0) is 0 Å². The molecule has 0 radical (unpaired) electrons. The number of hydrogen-bond donors (Lipinski definition) is 3. The summed E-state index contributed by atoms with van der Waals surface area (Å²) in [7, 11) is 1.55. The van der Waals surface area contributed by atoms with Crippen molar-refractivity contribution in [2.75, 3.05) is 43.5 Å². The molecule has 0 atom stereocenters. The van der Waals surface area contributed by atoms with Crippen LogP contribution in [-0.4, -0.2) is 73.0 Å². The number of methoxy groups -OCH3 is 1. The number of rotatable bonds is 7. The van der Waals surface area contributed by atoms with Gasteiger partial charge in [0.25, 0.3) is 17.7 Å². The van der Waals surface area contributed by atoms with E-state index >= 15 is 0 Å². The lowest BCUT2D eigenvalue weighted by Crippen LogP contribution is -2.40. The Morgan fingerprint density at radius 3 is 2.43 bits per heavy atom. The smallest absolute Gasteiger partial charge is 0.255 e. The lowest BCUT2D eigenvalue weighted by molar-refractivity contribution is 0.0766. The van der Waals surface area contributed by atoms with E-state index in [9.17, 15) is 14.4 Å². The molecule has 10 heteroatoms. The van der Waals surface area contributed by atoms with Gasteiger partial charge in [0.15, 0.2) is 0 Å². The van der Waals surface area contributed by atoms with Crippen LogP contribution in [0.4, 0.5) is 11.4 Å². The van der Waals surface area contributed by atoms with E-state index < -0.39 is 0 Å². The SMILES string of the molecule is COc1cccc(C(=O)Nc2cc(C(=O)NC3CCC(N)CC3)ccc2N2CCCN(C(=O)c3cccnc3)CC2)c1. The number of carbonyl (C=O) groups excluding carboxylic acids is 3.